The van der Waals surface area contributed by atoms with Crippen LogP contribution in [0.25, 0.3) is 0 Å². The molecule has 3 aromatic carbocycles. The van der Waals surface area contributed by atoms with E-state index in [-0.39, 0.29) is 18.4 Å². The van der Waals surface area contributed by atoms with Crippen molar-refractivity contribution in [3.05, 3.63) is 83.4 Å². The number of anilines is 2. The Balaban J connectivity index is 1.26. The molecule has 7 nitrogen and oxygen atoms in total. The van der Waals surface area contributed by atoms with Gasteiger partial charge in [-0.2, -0.15) is 0 Å². The topological polar surface area (TPSA) is 71.1 Å². The average molecular weight is 480 g/mol. The Morgan fingerprint density at radius 3 is 2.35 bits per heavy atom. The Morgan fingerprint density at radius 1 is 0.912 bits per heavy atom. The molecule has 34 heavy (non-hydrogen) atoms. The highest BCUT2D eigenvalue weighted by molar-refractivity contribution is 6.33. The number of rotatable bonds is 7. The molecule has 8 heteroatoms. The first-order chi connectivity index (χ1) is 16.5. The summed E-state index contributed by atoms with van der Waals surface area (Å²) < 4.78 is 10.7. The van der Waals surface area contributed by atoms with Crippen LogP contribution in [-0.2, 0) is 4.79 Å². The van der Waals surface area contributed by atoms with Gasteiger partial charge in [-0.05, 0) is 48.5 Å². The molecule has 2 amide bonds. The number of halogens is 1. The van der Waals surface area contributed by atoms with Crippen LogP contribution in [0.3, 0.4) is 0 Å². The number of nitrogens with one attached hydrogen (secondary N) is 1. The molecule has 1 heterocycles. The molecule has 0 radical (unpaired) electrons. The summed E-state index contributed by atoms with van der Waals surface area (Å²) >= 11 is 6.30. The standard InChI is InChI=1S/C26H26ClN3O4/c1-33-22-6-4-5-20(17-22)28-25(31)18-34-21-11-9-19(10-12-21)26(32)30-15-13-29(14-16-30)24-8-3-2-7-23(24)27/h2-12,17H,13-16,18H2,1H3,(H,28,31). The van der Waals surface area contributed by atoms with Gasteiger partial charge in [-0.15, -0.1) is 0 Å². The number of methoxy groups -OCH3 is 1. The van der Waals surface area contributed by atoms with E-state index in [1.54, 1.807) is 55.6 Å². The van der Waals surface area contributed by atoms with Crippen LogP contribution in [0.1, 0.15) is 10.4 Å². The Hall–Kier alpha value is -3.71. The summed E-state index contributed by atoms with van der Waals surface area (Å²) in [6.45, 7) is 2.53. The molecule has 4 rings (SSSR count). The molecule has 0 aromatic heterocycles. The number of carbonyl (C=O) groups is 2. The van der Waals surface area contributed by atoms with E-state index in [2.05, 4.69) is 10.2 Å². The molecule has 0 saturated carbocycles. The molecule has 1 aliphatic heterocycles. The molecule has 176 valence electrons. The maximum atomic E-state index is 12.9. The smallest absolute Gasteiger partial charge is 0.262 e. The van der Waals surface area contributed by atoms with Gasteiger partial charge < -0.3 is 24.6 Å². The zero-order valence-electron chi connectivity index (χ0n) is 18.9. The van der Waals surface area contributed by atoms with Gasteiger partial charge >= 0.3 is 0 Å². The summed E-state index contributed by atoms with van der Waals surface area (Å²) in [4.78, 5) is 29.1. The summed E-state index contributed by atoms with van der Waals surface area (Å²) in [6.07, 6.45) is 0. The zero-order chi connectivity index (χ0) is 23.9. The number of piperazine rings is 1. The van der Waals surface area contributed by atoms with Crippen molar-refractivity contribution in [1.29, 1.82) is 0 Å². The summed E-state index contributed by atoms with van der Waals surface area (Å²) in [5.41, 5.74) is 2.20. The number of carbonyl (C=O) groups excluding carboxylic acids is 2. The van der Waals surface area contributed by atoms with Crippen molar-refractivity contribution in [2.45, 2.75) is 0 Å². The fourth-order valence-electron chi connectivity index (χ4n) is 3.78. The molecule has 0 aliphatic carbocycles. The normalized spacial score (nSPS) is 13.4. The molecular weight excluding hydrogens is 454 g/mol. The fraction of sp³-hybridized carbons (Fsp3) is 0.231. The van der Waals surface area contributed by atoms with Crippen LogP contribution in [0.5, 0.6) is 11.5 Å². The first-order valence-electron chi connectivity index (χ1n) is 11.0. The molecule has 1 fully saturated rings. The maximum absolute atomic E-state index is 12.9. The van der Waals surface area contributed by atoms with Crippen LogP contribution in [0.15, 0.2) is 72.8 Å². The van der Waals surface area contributed by atoms with Crippen LogP contribution >= 0.6 is 11.6 Å². The van der Waals surface area contributed by atoms with Crippen molar-refractivity contribution in [3.8, 4) is 11.5 Å². The third-order valence-corrected chi connectivity index (χ3v) is 5.90. The molecule has 0 spiro atoms. The summed E-state index contributed by atoms with van der Waals surface area (Å²) in [5.74, 6) is 0.857. The van der Waals surface area contributed by atoms with Gasteiger partial charge in [0.25, 0.3) is 11.8 Å². The zero-order valence-corrected chi connectivity index (χ0v) is 19.6. The van der Waals surface area contributed by atoms with E-state index in [9.17, 15) is 9.59 Å². The highest BCUT2D eigenvalue weighted by Gasteiger charge is 2.23. The molecule has 1 aliphatic rings. The number of para-hydroxylation sites is 1. The van der Waals surface area contributed by atoms with E-state index < -0.39 is 0 Å². The minimum atomic E-state index is -0.287. The Morgan fingerprint density at radius 2 is 1.65 bits per heavy atom. The van der Waals surface area contributed by atoms with Crippen LogP contribution < -0.4 is 19.7 Å². The Labute approximate surface area is 203 Å². The molecule has 0 bridgehead atoms. The first kappa shape index (κ1) is 23.4. The van der Waals surface area contributed by atoms with Crippen LogP contribution in [0, 0.1) is 0 Å². The number of hydrogen-bond acceptors (Lipinski definition) is 5. The lowest BCUT2D eigenvalue weighted by molar-refractivity contribution is -0.118. The second-order valence-electron chi connectivity index (χ2n) is 7.82. The van der Waals surface area contributed by atoms with E-state index in [1.807, 2.05) is 29.2 Å². The monoisotopic (exact) mass is 479 g/mol. The van der Waals surface area contributed by atoms with E-state index in [1.165, 1.54) is 0 Å². The van der Waals surface area contributed by atoms with Crippen molar-refractivity contribution in [2.24, 2.45) is 0 Å². The highest BCUT2D eigenvalue weighted by atomic mass is 35.5. The SMILES string of the molecule is COc1cccc(NC(=O)COc2ccc(C(=O)N3CCN(c4ccccc4Cl)CC3)cc2)c1. The number of ether oxygens (including phenoxy) is 2. The van der Waals surface area contributed by atoms with E-state index in [4.69, 9.17) is 21.1 Å². The van der Waals surface area contributed by atoms with Gasteiger partial charge in [0.05, 0.1) is 17.8 Å². The summed E-state index contributed by atoms with van der Waals surface area (Å²) in [6, 6.07) is 21.7. The predicted molar refractivity (Wildman–Crippen MR) is 133 cm³/mol. The lowest BCUT2D eigenvalue weighted by Crippen LogP contribution is -2.48. The van der Waals surface area contributed by atoms with Crippen molar-refractivity contribution < 1.29 is 19.1 Å². The number of amides is 2. The minimum absolute atomic E-state index is 0.0267. The van der Waals surface area contributed by atoms with E-state index in [0.29, 0.717) is 35.8 Å². The quantitative estimate of drug-likeness (QED) is 0.546. The fourth-order valence-corrected chi connectivity index (χ4v) is 4.04. The van der Waals surface area contributed by atoms with Gasteiger partial charge in [0, 0.05) is 43.5 Å². The molecule has 3 aromatic rings. The van der Waals surface area contributed by atoms with Gasteiger partial charge in [-0.25, -0.2) is 0 Å². The number of nitrogens with zero attached hydrogens (tertiary/aromatic N) is 2. The Bertz CT molecular complexity index is 1140. The van der Waals surface area contributed by atoms with Gasteiger partial charge in [0.1, 0.15) is 11.5 Å². The van der Waals surface area contributed by atoms with Crippen LogP contribution in [0.4, 0.5) is 11.4 Å². The molecule has 1 saturated heterocycles. The average Bonchev–Trinajstić information content (AvgIpc) is 2.88. The van der Waals surface area contributed by atoms with E-state index in [0.717, 1.165) is 23.8 Å². The minimum Gasteiger partial charge on any atom is -0.497 e. The molecular formula is C26H26ClN3O4. The number of hydrogen-bond donors (Lipinski definition) is 1. The van der Waals surface area contributed by atoms with Crippen LogP contribution in [-0.4, -0.2) is 56.6 Å². The molecule has 0 atom stereocenters. The van der Waals surface area contributed by atoms with Crippen molar-refractivity contribution >= 4 is 34.8 Å². The van der Waals surface area contributed by atoms with Crippen molar-refractivity contribution in [3.63, 3.8) is 0 Å². The van der Waals surface area contributed by atoms with Gasteiger partial charge in [-0.1, -0.05) is 29.8 Å². The van der Waals surface area contributed by atoms with Crippen LogP contribution in [0.2, 0.25) is 5.02 Å². The van der Waals surface area contributed by atoms with Crippen molar-refractivity contribution in [1.82, 2.24) is 4.90 Å². The van der Waals surface area contributed by atoms with Gasteiger partial charge in [0.15, 0.2) is 6.61 Å². The summed E-state index contributed by atoms with van der Waals surface area (Å²) in [7, 11) is 1.57. The lowest BCUT2D eigenvalue weighted by Gasteiger charge is -2.36. The first-order valence-corrected chi connectivity index (χ1v) is 11.4. The predicted octanol–water partition coefficient (Wildman–Crippen LogP) is 4.33. The Kier molecular flexibility index (Phi) is 7.54. The third-order valence-electron chi connectivity index (χ3n) is 5.58. The second-order valence-corrected chi connectivity index (χ2v) is 8.23. The molecule has 0 unspecified atom stereocenters. The third kappa shape index (κ3) is 5.80. The molecule has 1 N–H and O–H groups in total. The largest absolute Gasteiger partial charge is 0.497 e. The second kappa shape index (κ2) is 10.9. The highest BCUT2D eigenvalue weighted by Crippen LogP contribution is 2.26. The maximum Gasteiger partial charge on any atom is 0.262 e. The van der Waals surface area contributed by atoms with Gasteiger partial charge in [0.2, 0.25) is 0 Å². The summed E-state index contributed by atoms with van der Waals surface area (Å²) in [5, 5.41) is 3.48. The van der Waals surface area contributed by atoms with Gasteiger partial charge in [-0.3, -0.25) is 9.59 Å². The number of benzene rings is 3. The van der Waals surface area contributed by atoms with E-state index >= 15 is 0 Å². The lowest BCUT2D eigenvalue weighted by atomic mass is 10.1. The van der Waals surface area contributed by atoms with Crippen molar-refractivity contribution in [2.75, 3.05) is 50.1 Å².